The summed E-state index contributed by atoms with van der Waals surface area (Å²) in [4.78, 5) is 12.5. The van der Waals surface area contributed by atoms with Gasteiger partial charge in [0, 0.05) is 15.7 Å². The van der Waals surface area contributed by atoms with Crippen molar-refractivity contribution in [1.29, 1.82) is 0 Å². The summed E-state index contributed by atoms with van der Waals surface area (Å²) in [5.41, 5.74) is 1.28. The Balaban J connectivity index is 1.45. The van der Waals surface area contributed by atoms with Crippen LogP contribution in [0.4, 0.5) is 5.69 Å². The van der Waals surface area contributed by atoms with E-state index >= 15 is 0 Å². The van der Waals surface area contributed by atoms with Crippen LogP contribution in [0.15, 0.2) is 24.3 Å². The first-order valence-corrected chi connectivity index (χ1v) is 9.24. The minimum absolute atomic E-state index is 0.221. The second-order valence-corrected chi connectivity index (χ2v) is 8.90. The summed E-state index contributed by atoms with van der Waals surface area (Å²) in [6, 6.07) is 8.08. The third-order valence-electron chi connectivity index (χ3n) is 5.81. The van der Waals surface area contributed by atoms with E-state index in [2.05, 4.69) is 34.0 Å². The van der Waals surface area contributed by atoms with Gasteiger partial charge in [0.1, 0.15) is 0 Å². The molecule has 4 aliphatic rings. The number of benzene rings is 1. The number of carbonyl (C=O) groups is 1. The predicted molar refractivity (Wildman–Crippen MR) is 93.0 cm³/mol. The lowest BCUT2D eigenvalue weighted by Gasteiger charge is -2.56. The number of amides is 1. The van der Waals surface area contributed by atoms with Crippen LogP contribution in [0.25, 0.3) is 0 Å². The summed E-state index contributed by atoms with van der Waals surface area (Å²) in [5, 5.41) is 3.11. The molecule has 5 rings (SSSR count). The number of anilines is 1. The lowest BCUT2D eigenvalue weighted by molar-refractivity contribution is -0.124. The van der Waals surface area contributed by atoms with Crippen LogP contribution in [0, 0.1) is 26.7 Å². The zero-order valence-electron chi connectivity index (χ0n) is 12.3. The maximum Gasteiger partial charge on any atom is 0.224 e. The van der Waals surface area contributed by atoms with Gasteiger partial charge >= 0.3 is 0 Å². The van der Waals surface area contributed by atoms with Gasteiger partial charge in [0.05, 0.1) is 0 Å². The number of hydrogen-bond donors (Lipinski definition) is 1. The van der Waals surface area contributed by atoms with Crippen LogP contribution in [-0.2, 0) is 4.79 Å². The van der Waals surface area contributed by atoms with Crippen LogP contribution in [-0.4, -0.2) is 5.91 Å². The van der Waals surface area contributed by atoms with Crippen molar-refractivity contribution in [2.75, 3.05) is 5.32 Å². The molecule has 1 aromatic carbocycles. The summed E-state index contributed by atoms with van der Waals surface area (Å²) in [6.45, 7) is 0. The highest BCUT2D eigenvalue weighted by Gasteiger charge is 2.51. The molecule has 1 N–H and O–H groups in total. The summed E-state index contributed by atoms with van der Waals surface area (Å²) in [5.74, 6) is 2.98. The monoisotopic (exact) mass is 395 g/mol. The minimum atomic E-state index is 0.221. The molecule has 0 radical (unpaired) electrons. The largest absolute Gasteiger partial charge is 0.326 e. The van der Waals surface area contributed by atoms with Gasteiger partial charge in [0.25, 0.3) is 0 Å². The predicted octanol–water partition coefficient (Wildman–Crippen LogP) is 4.84. The molecular formula is C18H22INO. The molecule has 3 heteroatoms. The number of carbonyl (C=O) groups excluding carboxylic acids is 1. The average Bonchev–Trinajstić information content (AvgIpc) is 2.35. The maximum atomic E-state index is 12.5. The highest BCUT2D eigenvalue weighted by atomic mass is 127. The fraction of sp³-hybridized carbons (Fsp3) is 0.611. The van der Waals surface area contributed by atoms with Crippen LogP contribution in [0.3, 0.4) is 0 Å². The molecule has 0 spiro atoms. The molecule has 0 heterocycles. The van der Waals surface area contributed by atoms with Crippen molar-refractivity contribution < 1.29 is 4.79 Å². The Labute approximate surface area is 140 Å². The van der Waals surface area contributed by atoms with E-state index in [9.17, 15) is 4.79 Å². The van der Waals surface area contributed by atoms with Gasteiger partial charge in [-0.3, -0.25) is 4.79 Å². The van der Waals surface area contributed by atoms with Gasteiger partial charge in [-0.25, -0.2) is 0 Å². The Morgan fingerprint density at radius 2 is 1.76 bits per heavy atom. The summed E-state index contributed by atoms with van der Waals surface area (Å²) >= 11 is 2.29. The van der Waals surface area contributed by atoms with Gasteiger partial charge in [-0.2, -0.15) is 0 Å². The van der Waals surface area contributed by atoms with Crippen LogP contribution in [0.1, 0.15) is 44.9 Å². The standard InChI is InChI=1S/C18H22INO/c19-15-2-1-3-16(7-15)20-17(21)11-18-8-12-4-13(9-18)6-14(5-12)10-18/h1-3,7,12-14H,4-6,8-11H2,(H,20,21). The maximum absolute atomic E-state index is 12.5. The zero-order chi connectivity index (χ0) is 14.4. The molecule has 0 atom stereocenters. The Kier molecular flexibility index (Phi) is 3.51. The van der Waals surface area contributed by atoms with Gasteiger partial charge < -0.3 is 5.32 Å². The van der Waals surface area contributed by atoms with Gasteiger partial charge in [-0.05, 0) is 102 Å². The summed E-state index contributed by atoms with van der Waals surface area (Å²) in [7, 11) is 0. The molecule has 0 unspecified atom stereocenters. The van der Waals surface area contributed by atoms with Crippen molar-refractivity contribution in [3.05, 3.63) is 27.8 Å². The molecule has 4 bridgehead atoms. The van der Waals surface area contributed by atoms with Gasteiger partial charge in [-0.1, -0.05) is 6.07 Å². The number of halogens is 1. The molecule has 4 aliphatic carbocycles. The number of rotatable bonds is 3. The molecule has 4 fully saturated rings. The van der Waals surface area contributed by atoms with Crippen molar-refractivity contribution in [2.24, 2.45) is 23.2 Å². The lowest BCUT2D eigenvalue weighted by atomic mass is 9.49. The lowest BCUT2D eigenvalue weighted by Crippen LogP contribution is -2.47. The molecule has 1 aromatic rings. The zero-order valence-corrected chi connectivity index (χ0v) is 14.4. The molecule has 1 amide bonds. The first kappa shape index (κ1) is 14.0. The van der Waals surface area contributed by atoms with E-state index in [1.807, 2.05) is 18.2 Å². The molecule has 112 valence electrons. The Morgan fingerprint density at radius 3 is 2.33 bits per heavy atom. The molecule has 0 aromatic heterocycles. The van der Waals surface area contributed by atoms with Crippen molar-refractivity contribution >= 4 is 34.2 Å². The second-order valence-electron chi connectivity index (χ2n) is 7.65. The van der Waals surface area contributed by atoms with Crippen LogP contribution >= 0.6 is 22.6 Å². The van der Waals surface area contributed by atoms with E-state index in [1.54, 1.807) is 0 Å². The highest BCUT2D eigenvalue weighted by Crippen LogP contribution is 2.61. The van der Waals surface area contributed by atoms with Crippen LogP contribution < -0.4 is 5.32 Å². The van der Waals surface area contributed by atoms with Crippen LogP contribution in [0.2, 0.25) is 0 Å². The molecule has 0 aliphatic heterocycles. The van der Waals surface area contributed by atoms with Gasteiger partial charge in [0.2, 0.25) is 5.91 Å². The van der Waals surface area contributed by atoms with E-state index in [-0.39, 0.29) is 5.91 Å². The molecule has 0 saturated heterocycles. The highest BCUT2D eigenvalue weighted by molar-refractivity contribution is 14.1. The third kappa shape index (κ3) is 2.86. The first-order chi connectivity index (χ1) is 10.1. The Bertz CT molecular complexity index is 533. The van der Waals surface area contributed by atoms with E-state index in [0.717, 1.165) is 29.9 Å². The first-order valence-electron chi connectivity index (χ1n) is 8.16. The molecule has 4 saturated carbocycles. The number of hydrogen-bond acceptors (Lipinski definition) is 1. The van der Waals surface area contributed by atoms with Crippen molar-refractivity contribution in [2.45, 2.75) is 44.9 Å². The minimum Gasteiger partial charge on any atom is -0.326 e. The van der Waals surface area contributed by atoms with Gasteiger partial charge in [0.15, 0.2) is 0 Å². The summed E-state index contributed by atoms with van der Waals surface area (Å²) < 4.78 is 1.17. The van der Waals surface area contributed by atoms with Crippen molar-refractivity contribution in [3.8, 4) is 0 Å². The summed E-state index contributed by atoms with van der Waals surface area (Å²) in [6.07, 6.45) is 8.98. The Morgan fingerprint density at radius 1 is 1.14 bits per heavy atom. The molecule has 21 heavy (non-hydrogen) atoms. The topological polar surface area (TPSA) is 29.1 Å². The van der Waals surface area contributed by atoms with E-state index < -0.39 is 0 Å². The average molecular weight is 395 g/mol. The van der Waals surface area contributed by atoms with Crippen molar-refractivity contribution in [3.63, 3.8) is 0 Å². The van der Waals surface area contributed by atoms with E-state index in [0.29, 0.717) is 5.41 Å². The smallest absolute Gasteiger partial charge is 0.224 e. The normalized spacial score (nSPS) is 36.7. The van der Waals surface area contributed by atoms with E-state index in [1.165, 1.54) is 42.1 Å². The fourth-order valence-electron chi connectivity index (χ4n) is 5.62. The SMILES string of the molecule is O=C(CC12CC3CC(CC(C3)C1)C2)Nc1cccc(I)c1. The van der Waals surface area contributed by atoms with Crippen LogP contribution in [0.5, 0.6) is 0 Å². The Hall–Kier alpha value is -0.580. The molecular weight excluding hydrogens is 373 g/mol. The third-order valence-corrected chi connectivity index (χ3v) is 6.48. The second kappa shape index (κ2) is 5.25. The quantitative estimate of drug-likeness (QED) is 0.730. The van der Waals surface area contributed by atoms with Gasteiger partial charge in [-0.15, -0.1) is 0 Å². The fourth-order valence-corrected chi connectivity index (χ4v) is 6.16. The van der Waals surface area contributed by atoms with E-state index in [4.69, 9.17) is 0 Å². The number of nitrogens with one attached hydrogen (secondary N) is 1. The van der Waals surface area contributed by atoms with Crippen molar-refractivity contribution in [1.82, 2.24) is 0 Å². The molecule has 2 nitrogen and oxygen atoms in total.